The lowest BCUT2D eigenvalue weighted by Crippen LogP contribution is -2.26. The molecule has 0 radical (unpaired) electrons. The first-order chi connectivity index (χ1) is 9.72. The van der Waals surface area contributed by atoms with Crippen LogP contribution in [0.1, 0.15) is 43.5 Å². The van der Waals surface area contributed by atoms with Crippen LogP contribution in [0.15, 0.2) is 24.3 Å². The van der Waals surface area contributed by atoms with E-state index >= 15 is 0 Å². The van der Waals surface area contributed by atoms with Gasteiger partial charge in [-0.2, -0.15) is 0 Å². The predicted octanol–water partition coefficient (Wildman–Crippen LogP) is 3.24. The standard InChI is InChI=1S/C16H27N3O.2ClH/c1-3-5-13-19(4-2)15-9-7-14(8-10-15)16(20)18-12-6-11-17;;/h7-10H,3-6,11-13,17H2,1-2H3,(H,18,20);2*1H. The summed E-state index contributed by atoms with van der Waals surface area (Å²) < 4.78 is 0. The van der Waals surface area contributed by atoms with Crippen molar-refractivity contribution in [2.75, 3.05) is 31.1 Å². The molecular formula is C16H29Cl2N3O. The van der Waals surface area contributed by atoms with Crippen molar-refractivity contribution >= 4 is 36.4 Å². The van der Waals surface area contributed by atoms with Crippen LogP contribution in [-0.4, -0.2) is 32.1 Å². The Morgan fingerprint density at radius 1 is 1.14 bits per heavy atom. The SMILES string of the molecule is CCCCN(CC)c1ccc(C(=O)NCCCN)cc1.Cl.Cl. The fraction of sp³-hybridized carbons (Fsp3) is 0.562. The topological polar surface area (TPSA) is 58.4 Å². The van der Waals surface area contributed by atoms with Gasteiger partial charge in [-0.05, 0) is 50.6 Å². The zero-order valence-electron chi connectivity index (χ0n) is 13.5. The summed E-state index contributed by atoms with van der Waals surface area (Å²) in [4.78, 5) is 14.2. The Balaban J connectivity index is 0. The van der Waals surface area contributed by atoms with Crippen LogP contribution in [0.25, 0.3) is 0 Å². The summed E-state index contributed by atoms with van der Waals surface area (Å²) in [6.07, 6.45) is 3.19. The third-order valence-electron chi connectivity index (χ3n) is 3.32. The van der Waals surface area contributed by atoms with Gasteiger partial charge in [0.2, 0.25) is 0 Å². The van der Waals surface area contributed by atoms with Crippen LogP contribution in [0.3, 0.4) is 0 Å². The predicted molar refractivity (Wildman–Crippen MR) is 99.7 cm³/mol. The van der Waals surface area contributed by atoms with Crippen molar-refractivity contribution in [1.82, 2.24) is 5.32 Å². The van der Waals surface area contributed by atoms with Crippen molar-refractivity contribution in [3.8, 4) is 0 Å². The number of unbranched alkanes of at least 4 members (excludes halogenated alkanes) is 1. The zero-order chi connectivity index (χ0) is 14.8. The highest BCUT2D eigenvalue weighted by atomic mass is 35.5. The van der Waals surface area contributed by atoms with Gasteiger partial charge in [-0.3, -0.25) is 4.79 Å². The van der Waals surface area contributed by atoms with Gasteiger partial charge < -0.3 is 16.0 Å². The molecule has 0 aromatic heterocycles. The second kappa shape index (κ2) is 13.7. The Bertz CT molecular complexity index is 399. The minimum absolute atomic E-state index is 0. The number of nitrogens with two attached hydrogens (primary N) is 1. The molecule has 1 rings (SSSR count). The molecule has 0 saturated carbocycles. The smallest absolute Gasteiger partial charge is 0.251 e. The minimum Gasteiger partial charge on any atom is -0.372 e. The number of amides is 1. The quantitative estimate of drug-likeness (QED) is 0.672. The van der Waals surface area contributed by atoms with Gasteiger partial charge in [0.15, 0.2) is 0 Å². The molecule has 0 bridgehead atoms. The first-order valence-corrected chi connectivity index (χ1v) is 7.56. The summed E-state index contributed by atoms with van der Waals surface area (Å²) in [5.41, 5.74) is 7.29. The number of carbonyl (C=O) groups is 1. The van der Waals surface area contributed by atoms with E-state index in [1.807, 2.05) is 24.3 Å². The van der Waals surface area contributed by atoms with E-state index < -0.39 is 0 Å². The van der Waals surface area contributed by atoms with Crippen molar-refractivity contribution < 1.29 is 4.79 Å². The van der Waals surface area contributed by atoms with E-state index in [1.54, 1.807) is 0 Å². The van der Waals surface area contributed by atoms with Gasteiger partial charge in [0.25, 0.3) is 5.91 Å². The molecule has 0 fully saturated rings. The maximum atomic E-state index is 11.9. The van der Waals surface area contributed by atoms with E-state index in [0.29, 0.717) is 18.7 Å². The van der Waals surface area contributed by atoms with Crippen LogP contribution in [0.2, 0.25) is 0 Å². The summed E-state index contributed by atoms with van der Waals surface area (Å²) in [6.45, 7) is 7.64. The molecule has 0 spiro atoms. The van der Waals surface area contributed by atoms with Crippen molar-refractivity contribution in [3.63, 3.8) is 0 Å². The maximum Gasteiger partial charge on any atom is 0.251 e. The molecule has 0 aliphatic rings. The fourth-order valence-corrected chi connectivity index (χ4v) is 2.05. The highest BCUT2D eigenvalue weighted by Gasteiger charge is 2.07. The van der Waals surface area contributed by atoms with Crippen LogP contribution in [0.5, 0.6) is 0 Å². The molecule has 0 aliphatic heterocycles. The highest BCUT2D eigenvalue weighted by Crippen LogP contribution is 2.16. The van der Waals surface area contributed by atoms with E-state index in [1.165, 1.54) is 18.5 Å². The number of carbonyl (C=O) groups excluding carboxylic acids is 1. The van der Waals surface area contributed by atoms with Crippen LogP contribution in [-0.2, 0) is 0 Å². The molecule has 0 aliphatic carbocycles. The Kier molecular flexibility index (Phi) is 14.5. The Morgan fingerprint density at radius 3 is 2.27 bits per heavy atom. The fourth-order valence-electron chi connectivity index (χ4n) is 2.05. The summed E-state index contributed by atoms with van der Waals surface area (Å²) in [6, 6.07) is 7.83. The molecule has 0 unspecified atom stereocenters. The number of nitrogens with one attached hydrogen (secondary N) is 1. The first-order valence-electron chi connectivity index (χ1n) is 7.56. The minimum atomic E-state index is -0.0263. The number of benzene rings is 1. The largest absolute Gasteiger partial charge is 0.372 e. The molecule has 22 heavy (non-hydrogen) atoms. The summed E-state index contributed by atoms with van der Waals surface area (Å²) in [5.74, 6) is -0.0263. The number of halogens is 2. The van der Waals surface area contributed by atoms with Gasteiger partial charge in [-0.25, -0.2) is 0 Å². The monoisotopic (exact) mass is 349 g/mol. The molecule has 1 amide bonds. The molecule has 1 aromatic rings. The zero-order valence-corrected chi connectivity index (χ0v) is 15.1. The highest BCUT2D eigenvalue weighted by molar-refractivity contribution is 5.94. The van der Waals surface area contributed by atoms with Crippen LogP contribution in [0, 0.1) is 0 Å². The Hall–Kier alpha value is -0.970. The average Bonchev–Trinajstić information content (AvgIpc) is 2.49. The second-order valence-corrected chi connectivity index (χ2v) is 4.88. The van der Waals surface area contributed by atoms with Gasteiger partial charge in [0.1, 0.15) is 0 Å². The van der Waals surface area contributed by atoms with Gasteiger partial charge in [-0.1, -0.05) is 13.3 Å². The van der Waals surface area contributed by atoms with E-state index in [4.69, 9.17) is 5.73 Å². The van der Waals surface area contributed by atoms with E-state index in [2.05, 4.69) is 24.1 Å². The number of hydrogen-bond donors (Lipinski definition) is 2. The third kappa shape index (κ3) is 7.87. The van der Waals surface area contributed by atoms with E-state index in [0.717, 1.165) is 19.5 Å². The van der Waals surface area contributed by atoms with Crippen LogP contribution >= 0.6 is 24.8 Å². The Labute approximate surface area is 146 Å². The molecule has 3 N–H and O–H groups in total. The van der Waals surface area contributed by atoms with Gasteiger partial charge in [0, 0.05) is 30.9 Å². The van der Waals surface area contributed by atoms with E-state index in [-0.39, 0.29) is 30.7 Å². The molecule has 0 heterocycles. The third-order valence-corrected chi connectivity index (χ3v) is 3.32. The molecular weight excluding hydrogens is 321 g/mol. The molecule has 0 saturated heterocycles. The maximum absolute atomic E-state index is 11.9. The normalized spacial score (nSPS) is 9.41. The Morgan fingerprint density at radius 2 is 1.77 bits per heavy atom. The lowest BCUT2D eigenvalue weighted by Gasteiger charge is -2.23. The number of nitrogens with zero attached hydrogens (tertiary/aromatic N) is 1. The summed E-state index contributed by atoms with van der Waals surface area (Å²) in [5, 5.41) is 2.86. The van der Waals surface area contributed by atoms with Gasteiger partial charge in [-0.15, -0.1) is 24.8 Å². The van der Waals surface area contributed by atoms with Crippen LogP contribution < -0.4 is 16.0 Å². The summed E-state index contributed by atoms with van der Waals surface area (Å²) in [7, 11) is 0. The lowest BCUT2D eigenvalue weighted by atomic mass is 10.1. The number of rotatable bonds is 9. The lowest BCUT2D eigenvalue weighted by molar-refractivity contribution is 0.0953. The van der Waals surface area contributed by atoms with Crippen molar-refractivity contribution in [2.45, 2.75) is 33.1 Å². The summed E-state index contributed by atoms with van der Waals surface area (Å²) >= 11 is 0. The van der Waals surface area contributed by atoms with E-state index in [9.17, 15) is 4.79 Å². The second-order valence-electron chi connectivity index (χ2n) is 4.88. The number of hydrogen-bond acceptors (Lipinski definition) is 3. The molecule has 0 atom stereocenters. The van der Waals surface area contributed by atoms with Crippen molar-refractivity contribution in [2.24, 2.45) is 5.73 Å². The van der Waals surface area contributed by atoms with Crippen molar-refractivity contribution in [1.29, 1.82) is 0 Å². The first kappa shape index (κ1) is 23.3. The molecule has 128 valence electrons. The molecule has 4 nitrogen and oxygen atoms in total. The number of anilines is 1. The molecule has 6 heteroatoms. The average molecular weight is 350 g/mol. The van der Waals surface area contributed by atoms with Crippen LogP contribution in [0.4, 0.5) is 5.69 Å². The molecule has 1 aromatic carbocycles. The van der Waals surface area contributed by atoms with Gasteiger partial charge in [0.05, 0.1) is 0 Å². The van der Waals surface area contributed by atoms with Gasteiger partial charge >= 0.3 is 0 Å². The van der Waals surface area contributed by atoms with Crippen molar-refractivity contribution in [3.05, 3.63) is 29.8 Å².